The second kappa shape index (κ2) is 8.18. The Morgan fingerprint density at radius 1 is 1.14 bits per heavy atom. The summed E-state index contributed by atoms with van der Waals surface area (Å²) in [5.74, 6) is -1.44. The first-order valence-corrected chi connectivity index (χ1v) is 8.42. The second-order valence-electron chi connectivity index (χ2n) is 5.74. The van der Waals surface area contributed by atoms with Crippen LogP contribution in [0.3, 0.4) is 0 Å². The van der Waals surface area contributed by atoms with Crippen molar-refractivity contribution in [3.8, 4) is 17.0 Å². The molecular weight excluding hydrogens is 392 g/mol. The zero-order chi connectivity index (χ0) is 20.3. The van der Waals surface area contributed by atoms with Gasteiger partial charge in [-0.15, -0.1) is 0 Å². The van der Waals surface area contributed by atoms with Crippen LogP contribution in [0.25, 0.3) is 11.3 Å². The first-order chi connectivity index (χ1) is 13.4. The third kappa shape index (κ3) is 4.34. The third-order valence-corrected chi connectivity index (χ3v) is 4.11. The molecule has 0 aliphatic heterocycles. The summed E-state index contributed by atoms with van der Waals surface area (Å²) in [6.07, 6.45) is 0. The van der Waals surface area contributed by atoms with Gasteiger partial charge in [0.1, 0.15) is 23.9 Å². The van der Waals surface area contributed by atoms with Crippen LogP contribution in [0.15, 0.2) is 53.3 Å². The summed E-state index contributed by atoms with van der Waals surface area (Å²) in [7, 11) is 1.42. The van der Waals surface area contributed by atoms with Crippen LogP contribution in [0.2, 0.25) is 5.02 Å². The van der Waals surface area contributed by atoms with Gasteiger partial charge in [-0.2, -0.15) is 5.10 Å². The molecule has 6 nitrogen and oxygen atoms in total. The number of benzene rings is 2. The van der Waals surface area contributed by atoms with E-state index in [1.165, 1.54) is 43.5 Å². The van der Waals surface area contributed by atoms with Crippen molar-refractivity contribution >= 4 is 23.2 Å². The molecule has 144 valence electrons. The molecule has 0 atom stereocenters. The normalized spacial score (nSPS) is 10.6. The third-order valence-electron chi connectivity index (χ3n) is 3.82. The summed E-state index contributed by atoms with van der Waals surface area (Å²) < 4.78 is 33.3. The predicted octanol–water partition coefficient (Wildman–Crippen LogP) is 3.49. The van der Waals surface area contributed by atoms with Crippen LogP contribution in [-0.2, 0) is 11.3 Å². The van der Waals surface area contributed by atoms with Gasteiger partial charge >= 0.3 is 0 Å². The van der Waals surface area contributed by atoms with Crippen molar-refractivity contribution in [3.63, 3.8) is 0 Å². The first-order valence-electron chi connectivity index (χ1n) is 8.04. The maximum absolute atomic E-state index is 14.2. The lowest BCUT2D eigenvalue weighted by Crippen LogP contribution is -2.29. The number of aromatic nitrogens is 2. The Morgan fingerprint density at radius 2 is 1.93 bits per heavy atom. The quantitative estimate of drug-likeness (QED) is 0.705. The zero-order valence-electron chi connectivity index (χ0n) is 14.6. The predicted molar refractivity (Wildman–Crippen MR) is 100 cm³/mol. The number of nitrogens with zero attached hydrogens (tertiary/aromatic N) is 2. The van der Waals surface area contributed by atoms with E-state index in [1.807, 2.05) is 0 Å². The van der Waals surface area contributed by atoms with Gasteiger partial charge in [0.15, 0.2) is 0 Å². The van der Waals surface area contributed by atoms with Crippen LogP contribution in [-0.4, -0.2) is 22.8 Å². The number of rotatable bonds is 5. The summed E-state index contributed by atoms with van der Waals surface area (Å²) in [5, 5.41) is 6.39. The Bertz CT molecular complexity index is 1100. The van der Waals surface area contributed by atoms with E-state index in [9.17, 15) is 18.4 Å². The molecule has 0 radical (unpaired) electrons. The fraction of sp³-hybridized carbons (Fsp3) is 0.105. The maximum atomic E-state index is 14.2. The van der Waals surface area contributed by atoms with Gasteiger partial charge in [-0.25, -0.2) is 13.5 Å². The van der Waals surface area contributed by atoms with Crippen LogP contribution < -0.4 is 15.6 Å². The number of hydrogen-bond acceptors (Lipinski definition) is 4. The summed E-state index contributed by atoms with van der Waals surface area (Å²) in [5.41, 5.74) is 0.0596. The van der Waals surface area contributed by atoms with Crippen molar-refractivity contribution < 1.29 is 18.3 Å². The molecule has 1 N–H and O–H groups in total. The number of ether oxygens (including phenoxy) is 1. The largest absolute Gasteiger partial charge is 0.497 e. The highest BCUT2D eigenvalue weighted by atomic mass is 35.5. The van der Waals surface area contributed by atoms with E-state index >= 15 is 0 Å². The van der Waals surface area contributed by atoms with Crippen molar-refractivity contribution in [1.82, 2.24) is 9.78 Å². The molecule has 0 fully saturated rings. The molecule has 0 spiro atoms. The zero-order valence-corrected chi connectivity index (χ0v) is 15.3. The summed E-state index contributed by atoms with van der Waals surface area (Å²) >= 11 is 5.67. The van der Waals surface area contributed by atoms with Gasteiger partial charge in [0, 0.05) is 23.4 Å². The smallest absolute Gasteiger partial charge is 0.267 e. The van der Waals surface area contributed by atoms with E-state index < -0.39 is 29.6 Å². The average molecular weight is 406 g/mol. The van der Waals surface area contributed by atoms with E-state index in [4.69, 9.17) is 16.3 Å². The van der Waals surface area contributed by atoms with Gasteiger partial charge in [-0.1, -0.05) is 11.6 Å². The number of carbonyl (C=O) groups is 1. The number of hydrogen-bond donors (Lipinski definition) is 1. The van der Waals surface area contributed by atoms with Gasteiger partial charge in [-0.3, -0.25) is 9.59 Å². The molecule has 3 rings (SSSR count). The fourth-order valence-corrected chi connectivity index (χ4v) is 2.63. The molecule has 0 aliphatic rings. The Balaban J connectivity index is 1.82. The molecule has 1 aromatic heterocycles. The van der Waals surface area contributed by atoms with E-state index in [1.54, 1.807) is 6.07 Å². The number of amides is 1. The average Bonchev–Trinajstić information content (AvgIpc) is 2.66. The Kier molecular flexibility index (Phi) is 5.70. The molecule has 0 bridgehead atoms. The number of methoxy groups -OCH3 is 1. The number of nitrogens with one attached hydrogen (secondary N) is 1. The molecule has 9 heteroatoms. The molecule has 2 aromatic carbocycles. The van der Waals surface area contributed by atoms with Gasteiger partial charge in [0.25, 0.3) is 5.56 Å². The van der Waals surface area contributed by atoms with Crippen LogP contribution in [0.5, 0.6) is 5.75 Å². The van der Waals surface area contributed by atoms with Crippen molar-refractivity contribution in [2.45, 2.75) is 6.54 Å². The lowest BCUT2D eigenvalue weighted by atomic mass is 10.1. The Hall–Kier alpha value is -3.26. The molecule has 0 aliphatic carbocycles. The monoisotopic (exact) mass is 405 g/mol. The molecule has 1 amide bonds. The molecule has 1 heterocycles. The lowest BCUT2D eigenvalue weighted by molar-refractivity contribution is -0.117. The molecular formula is C19H14ClF2N3O3. The van der Waals surface area contributed by atoms with Crippen molar-refractivity contribution in [3.05, 3.63) is 75.5 Å². The van der Waals surface area contributed by atoms with Crippen LogP contribution in [0, 0.1) is 11.6 Å². The van der Waals surface area contributed by atoms with Gasteiger partial charge in [0.05, 0.1) is 17.8 Å². The highest BCUT2D eigenvalue weighted by Crippen LogP contribution is 2.24. The minimum Gasteiger partial charge on any atom is -0.497 e. The summed E-state index contributed by atoms with van der Waals surface area (Å²) in [6.45, 7) is -0.417. The highest BCUT2D eigenvalue weighted by molar-refractivity contribution is 6.31. The molecule has 3 aromatic rings. The topological polar surface area (TPSA) is 73.2 Å². The van der Waals surface area contributed by atoms with Gasteiger partial charge in [0.2, 0.25) is 5.91 Å². The van der Waals surface area contributed by atoms with E-state index in [-0.39, 0.29) is 22.0 Å². The number of halogens is 3. The molecule has 28 heavy (non-hydrogen) atoms. The van der Waals surface area contributed by atoms with Crippen LogP contribution in [0.4, 0.5) is 14.5 Å². The van der Waals surface area contributed by atoms with E-state index in [0.717, 1.165) is 10.7 Å². The lowest BCUT2D eigenvalue weighted by Gasteiger charge is -2.10. The molecule has 0 saturated carbocycles. The minimum atomic E-state index is -0.619. The maximum Gasteiger partial charge on any atom is 0.267 e. The minimum absolute atomic E-state index is 0.148. The number of carbonyl (C=O) groups excluding carboxylic acids is 1. The van der Waals surface area contributed by atoms with Crippen molar-refractivity contribution in [1.29, 1.82) is 0 Å². The summed E-state index contributed by atoms with van der Waals surface area (Å²) in [6, 6.07) is 10.4. The van der Waals surface area contributed by atoms with Crippen LogP contribution >= 0.6 is 11.6 Å². The van der Waals surface area contributed by atoms with Crippen molar-refractivity contribution in [2.75, 3.05) is 12.4 Å². The second-order valence-corrected chi connectivity index (χ2v) is 6.14. The van der Waals surface area contributed by atoms with E-state index in [0.29, 0.717) is 5.75 Å². The van der Waals surface area contributed by atoms with Crippen molar-refractivity contribution in [2.24, 2.45) is 0 Å². The Morgan fingerprint density at radius 3 is 2.61 bits per heavy atom. The summed E-state index contributed by atoms with van der Waals surface area (Å²) in [4.78, 5) is 24.2. The Labute approximate surface area is 163 Å². The SMILES string of the molecule is COc1ccc(-c2ccc(=O)n(CC(=O)Nc3ccc(F)c(Cl)c3)n2)c(F)c1. The standard InChI is InChI=1S/C19H14ClF2N3O3/c1-28-12-3-4-13(16(22)9-12)17-6-7-19(27)25(24-17)10-18(26)23-11-2-5-15(21)14(20)8-11/h2-9H,10H2,1H3,(H,23,26). The fourth-order valence-electron chi connectivity index (χ4n) is 2.45. The molecule has 0 saturated heterocycles. The first kappa shape index (κ1) is 19.5. The van der Waals surface area contributed by atoms with Gasteiger partial charge < -0.3 is 10.1 Å². The van der Waals surface area contributed by atoms with Gasteiger partial charge in [-0.05, 0) is 36.4 Å². The van der Waals surface area contributed by atoms with Crippen LogP contribution in [0.1, 0.15) is 0 Å². The number of anilines is 1. The molecule has 0 unspecified atom stereocenters. The highest BCUT2D eigenvalue weighted by Gasteiger charge is 2.12. The van der Waals surface area contributed by atoms with E-state index in [2.05, 4.69) is 10.4 Å².